The summed E-state index contributed by atoms with van der Waals surface area (Å²) in [6.45, 7) is 0.321. The lowest BCUT2D eigenvalue weighted by atomic mass is 10.1. The van der Waals surface area contributed by atoms with Crippen molar-refractivity contribution in [1.82, 2.24) is 20.8 Å². The van der Waals surface area contributed by atoms with E-state index in [1.807, 2.05) is 0 Å². The molecule has 0 atom stereocenters. The van der Waals surface area contributed by atoms with Crippen LogP contribution in [0.3, 0.4) is 0 Å². The largest absolute Gasteiger partial charge is 0.359 e. The number of H-pyrrole nitrogens is 1. The number of hydrogen-bond acceptors (Lipinski definition) is 3. The molecule has 0 unspecified atom stereocenters. The summed E-state index contributed by atoms with van der Waals surface area (Å²) in [6, 6.07) is 5.28. The van der Waals surface area contributed by atoms with Gasteiger partial charge in [0.2, 0.25) is 5.91 Å². The number of fused-ring (bicyclic) bond motifs is 1. The van der Waals surface area contributed by atoms with Crippen molar-refractivity contribution in [2.24, 2.45) is 0 Å². The average Bonchev–Trinajstić information content (AvgIpc) is 2.85. The highest BCUT2D eigenvalue weighted by Crippen LogP contribution is 2.12. The number of carbonyl (C=O) groups is 2. The van der Waals surface area contributed by atoms with Crippen LogP contribution in [0.25, 0.3) is 10.9 Å². The van der Waals surface area contributed by atoms with Gasteiger partial charge in [0.25, 0.3) is 5.91 Å². The summed E-state index contributed by atoms with van der Waals surface area (Å²) in [6.07, 6.45) is 1.94. The van der Waals surface area contributed by atoms with Gasteiger partial charge >= 0.3 is 0 Å². The molecule has 0 aliphatic carbocycles. The maximum absolute atomic E-state index is 11.8. The molecule has 0 fully saturated rings. The van der Waals surface area contributed by atoms with E-state index in [9.17, 15) is 9.59 Å². The molecule has 0 aliphatic rings. The van der Waals surface area contributed by atoms with Gasteiger partial charge in [0.1, 0.15) is 0 Å². The van der Waals surface area contributed by atoms with Gasteiger partial charge in [-0.1, -0.05) is 0 Å². The summed E-state index contributed by atoms with van der Waals surface area (Å²) < 4.78 is 0. The number of nitrogens with one attached hydrogen (secondary N) is 3. The Bertz CT molecular complexity index is 576. The summed E-state index contributed by atoms with van der Waals surface area (Å²) in [4.78, 5) is 22.8. The molecule has 2 rings (SSSR count). The third-order valence-corrected chi connectivity index (χ3v) is 2.62. The molecule has 1 aromatic heterocycles. The molecule has 1 heterocycles. The first-order valence-corrected chi connectivity index (χ1v) is 5.62. The lowest BCUT2D eigenvalue weighted by Crippen LogP contribution is -2.29. The van der Waals surface area contributed by atoms with Crippen molar-refractivity contribution in [1.29, 1.82) is 0 Å². The van der Waals surface area contributed by atoms with E-state index in [2.05, 4.69) is 20.8 Å². The smallest absolute Gasteiger partial charge is 0.251 e. The monoisotopic (exact) mass is 246 g/mol. The lowest BCUT2D eigenvalue weighted by Gasteiger charge is -2.04. The summed E-state index contributed by atoms with van der Waals surface area (Å²) >= 11 is 0. The number of nitrogens with zero attached hydrogens (tertiary/aromatic N) is 1. The molecular weight excluding hydrogens is 232 g/mol. The molecule has 1 aromatic carbocycles. The van der Waals surface area contributed by atoms with Crippen molar-refractivity contribution in [3.8, 4) is 0 Å². The fraction of sp³-hybridized carbons (Fsp3) is 0.250. The van der Waals surface area contributed by atoms with Crippen LogP contribution in [-0.2, 0) is 4.79 Å². The molecule has 0 saturated carbocycles. The third kappa shape index (κ3) is 2.65. The zero-order valence-electron chi connectivity index (χ0n) is 9.99. The average molecular weight is 246 g/mol. The summed E-state index contributed by atoms with van der Waals surface area (Å²) in [7, 11) is 1.57. The van der Waals surface area contributed by atoms with Gasteiger partial charge in [-0.15, -0.1) is 0 Å². The van der Waals surface area contributed by atoms with Crippen molar-refractivity contribution in [3.05, 3.63) is 30.0 Å². The second-order valence-corrected chi connectivity index (χ2v) is 3.85. The van der Waals surface area contributed by atoms with Gasteiger partial charge in [0, 0.05) is 31.0 Å². The van der Waals surface area contributed by atoms with Crippen LogP contribution in [-0.4, -0.2) is 35.6 Å². The first-order chi connectivity index (χ1) is 8.70. The van der Waals surface area contributed by atoms with E-state index < -0.39 is 0 Å². The minimum absolute atomic E-state index is 0.0967. The number of amides is 2. The lowest BCUT2D eigenvalue weighted by molar-refractivity contribution is -0.120. The van der Waals surface area contributed by atoms with E-state index in [-0.39, 0.29) is 18.2 Å². The van der Waals surface area contributed by atoms with E-state index in [0.717, 1.165) is 10.9 Å². The van der Waals surface area contributed by atoms with Gasteiger partial charge in [-0.25, -0.2) is 0 Å². The minimum atomic E-state index is -0.193. The van der Waals surface area contributed by atoms with Crippen molar-refractivity contribution < 1.29 is 9.59 Å². The molecule has 0 spiro atoms. The number of aromatic nitrogens is 2. The van der Waals surface area contributed by atoms with Crippen LogP contribution in [0.2, 0.25) is 0 Å². The number of aromatic amines is 1. The van der Waals surface area contributed by atoms with Crippen LogP contribution < -0.4 is 10.6 Å². The SMILES string of the molecule is CNC(=O)CCNC(=O)c1ccc2[nH]ncc2c1. The number of rotatable bonds is 4. The first-order valence-electron chi connectivity index (χ1n) is 5.62. The Balaban J connectivity index is 1.97. The van der Waals surface area contributed by atoms with E-state index in [1.54, 1.807) is 31.4 Å². The Hall–Kier alpha value is -2.37. The first kappa shape index (κ1) is 12.1. The molecular formula is C12H14N4O2. The Morgan fingerprint density at radius 1 is 1.39 bits per heavy atom. The fourth-order valence-corrected chi connectivity index (χ4v) is 1.60. The van der Waals surface area contributed by atoms with Crippen LogP contribution in [0.4, 0.5) is 0 Å². The Kier molecular flexibility index (Phi) is 3.57. The van der Waals surface area contributed by atoms with Crippen LogP contribution in [0, 0.1) is 0 Å². The molecule has 0 saturated heterocycles. The van der Waals surface area contributed by atoms with Crippen LogP contribution >= 0.6 is 0 Å². The van der Waals surface area contributed by atoms with Gasteiger partial charge in [0.05, 0.1) is 11.7 Å². The number of benzene rings is 1. The third-order valence-electron chi connectivity index (χ3n) is 2.62. The highest BCUT2D eigenvalue weighted by atomic mass is 16.2. The molecule has 0 bridgehead atoms. The Morgan fingerprint density at radius 2 is 2.22 bits per heavy atom. The molecule has 3 N–H and O–H groups in total. The highest BCUT2D eigenvalue weighted by molar-refractivity contribution is 5.98. The zero-order valence-corrected chi connectivity index (χ0v) is 9.99. The topological polar surface area (TPSA) is 86.9 Å². The number of hydrogen-bond donors (Lipinski definition) is 3. The van der Waals surface area contributed by atoms with E-state index in [0.29, 0.717) is 12.1 Å². The van der Waals surface area contributed by atoms with Gasteiger partial charge in [-0.05, 0) is 18.2 Å². The zero-order chi connectivity index (χ0) is 13.0. The van der Waals surface area contributed by atoms with Crippen molar-refractivity contribution >= 4 is 22.7 Å². The highest BCUT2D eigenvalue weighted by Gasteiger charge is 2.07. The molecule has 94 valence electrons. The quantitative estimate of drug-likeness (QED) is 0.731. The summed E-state index contributed by atoms with van der Waals surface area (Å²) in [5.41, 5.74) is 1.44. The summed E-state index contributed by atoms with van der Waals surface area (Å²) in [5, 5.41) is 12.8. The molecule has 0 aliphatic heterocycles. The fourth-order valence-electron chi connectivity index (χ4n) is 1.60. The Labute approximate surface area is 104 Å². The van der Waals surface area contributed by atoms with Crippen molar-refractivity contribution in [2.45, 2.75) is 6.42 Å². The van der Waals surface area contributed by atoms with Gasteiger partial charge in [-0.3, -0.25) is 14.7 Å². The van der Waals surface area contributed by atoms with Gasteiger partial charge in [-0.2, -0.15) is 5.10 Å². The Morgan fingerprint density at radius 3 is 3.00 bits per heavy atom. The van der Waals surface area contributed by atoms with E-state index >= 15 is 0 Å². The molecule has 6 heteroatoms. The van der Waals surface area contributed by atoms with Gasteiger partial charge < -0.3 is 10.6 Å². The van der Waals surface area contributed by atoms with Crippen molar-refractivity contribution in [2.75, 3.05) is 13.6 Å². The molecule has 6 nitrogen and oxygen atoms in total. The predicted octanol–water partition coefficient (Wildman–Crippen LogP) is 0.429. The van der Waals surface area contributed by atoms with Crippen LogP contribution in [0.5, 0.6) is 0 Å². The molecule has 0 radical (unpaired) electrons. The number of carbonyl (C=O) groups excluding carboxylic acids is 2. The predicted molar refractivity (Wildman–Crippen MR) is 67.1 cm³/mol. The standard InChI is InChI=1S/C12H14N4O2/c1-13-11(17)4-5-14-12(18)8-2-3-10-9(6-8)7-15-16-10/h2-3,6-7H,4-5H2,1H3,(H,13,17)(H,14,18)(H,15,16). The van der Waals surface area contributed by atoms with E-state index in [4.69, 9.17) is 0 Å². The minimum Gasteiger partial charge on any atom is -0.359 e. The van der Waals surface area contributed by atoms with Gasteiger partial charge in [0.15, 0.2) is 0 Å². The van der Waals surface area contributed by atoms with Crippen molar-refractivity contribution in [3.63, 3.8) is 0 Å². The second kappa shape index (κ2) is 5.31. The molecule has 2 amide bonds. The van der Waals surface area contributed by atoms with Crippen LogP contribution in [0.1, 0.15) is 16.8 Å². The molecule has 18 heavy (non-hydrogen) atoms. The second-order valence-electron chi connectivity index (χ2n) is 3.85. The van der Waals surface area contributed by atoms with Crippen LogP contribution in [0.15, 0.2) is 24.4 Å². The molecule has 2 aromatic rings. The maximum Gasteiger partial charge on any atom is 0.251 e. The maximum atomic E-state index is 11.8. The van der Waals surface area contributed by atoms with E-state index in [1.165, 1.54) is 0 Å². The normalized spacial score (nSPS) is 10.3. The summed E-state index contributed by atoms with van der Waals surface area (Å²) in [5.74, 6) is -0.289.